The van der Waals surface area contributed by atoms with Crippen molar-refractivity contribution in [2.75, 3.05) is 29.9 Å². The number of hydrogen-bond acceptors (Lipinski definition) is 3. The van der Waals surface area contributed by atoms with Gasteiger partial charge in [0.1, 0.15) is 5.78 Å². The molecule has 0 amide bonds. The molecule has 1 fully saturated rings. The first-order valence-corrected chi connectivity index (χ1v) is 9.90. The van der Waals surface area contributed by atoms with Crippen LogP contribution in [0.3, 0.4) is 0 Å². The van der Waals surface area contributed by atoms with Crippen molar-refractivity contribution in [2.45, 2.75) is 71.1 Å². The van der Waals surface area contributed by atoms with Gasteiger partial charge in [-0.1, -0.05) is 51.9 Å². The Labute approximate surface area is 147 Å². The Morgan fingerprint density at radius 2 is 1.46 bits per heavy atom. The van der Waals surface area contributed by atoms with Crippen molar-refractivity contribution in [3.8, 4) is 0 Å². The Kier molecular flexibility index (Phi) is 8.72. The SMILES string of the molecule is CCCCCCCCCCNc1ccc(N2CCC(=O)CC2)cc1. The molecule has 1 N–H and O–H groups in total. The van der Waals surface area contributed by atoms with Crippen LogP contribution in [-0.2, 0) is 4.79 Å². The van der Waals surface area contributed by atoms with Crippen molar-refractivity contribution in [1.82, 2.24) is 0 Å². The molecule has 3 nitrogen and oxygen atoms in total. The average molecular weight is 331 g/mol. The molecular formula is C21H34N2O. The molecule has 1 heterocycles. The van der Waals surface area contributed by atoms with Crippen LogP contribution in [0.4, 0.5) is 11.4 Å². The molecule has 0 atom stereocenters. The van der Waals surface area contributed by atoms with Gasteiger partial charge in [-0.05, 0) is 30.7 Å². The summed E-state index contributed by atoms with van der Waals surface area (Å²) < 4.78 is 0. The number of rotatable bonds is 11. The molecule has 1 aromatic carbocycles. The first-order chi connectivity index (χ1) is 11.8. The number of piperidine rings is 1. The van der Waals surface area contributed by atoms with E-state index in [-0.39, 0.29) is 0 Å². The third kappa shape index (κ3) is 6.94. The number of Topliss-reactive ketones (excluding diaryl/α,β-unsaturated/α-hetero) is 1. The lowest BCUT2D eigenvalue weighted by Gasteiger charge is -2.28. The predicted octanol–water partition coefficient (Wildman–Crippen LogP) is 5.41. The van der Waals surface area contributed by atoms with E-state index in [9.17, 15) is 4.79 Å². The number of unbranched alkanes of at least 4 members (excludes halogenated alkanes) is 7. The highest BCUT2D eigenvalue weighted by Gasteiger charge is 2.16. The molecule has 0 bridgehead atoms. The number of carbonyl (C=O) groups excluding carboxylic acids is 1. The van der Waals surface area contributed by atoms with Gasteiger partial charge in [0, 0.05) is 43.9 Å². The van der Waals surface area contributed by atoms with Crippen LogP contribution in [0.25, 0.3) is 0 Å². The van der Waals surface area contributed by atoms with E-state index in [0.717, 1.165) is 19.6 Å². The van der Waals surface area contributed by atoms with Gasteiger partial charge >= 0.3 is 0 Å². The normalized spacial score (nSPS) is 14.9. The lowest BCUT2D eigenvalue weighted by atomic mass is 10.1. The summed E-state index contributed by atoms with van der Waals surface area (Å²) in [5.74, 6) is 0.398. The van der Waals surface area contributed by atoms with E-state index >= 15 is 0 Å². The van der Waals surface area contributed by atoms with Crippen molar-refractivity contribution in [3.63, 3.8) is 0 Å². The molecule has 3 heteroatoms. The van der Waals surface area contributed by atoms with Gasteiger partial charge in [-0.2, -0.15) is 0 Å². The highest BCUT2D eigenvalue weighted by Crippen LogP contribution is 2.21. The van der Waals surface area contributed by atoms with Crippen LogP contribution in [0, 0.1) is 0 Å². The molecule has 134 valence electrons. The summed E-state index contributed by atoms with van der Waals surface area (Å²) in [6.07, 6.45) is 12.3. The minimum Gasteiger partial charge on any atom is -0.385 e. The van der Waals surface area contributed by atoms with Crippen molar-refractivity contribution >= 4 is 17.2 Å². The summed E-state index contributed by atoms with van der Waals surface area (Å²) in [6, 6.07) is 8.67. The molecule has 0 unspecified atom stereocenters. The molecule has 0 spiro atoms. The fraction of sp³-hybridized carbons (Fsp3) is 0.667. The summed E-state index contributed by atoms with van der Waals surface area (Å²) in [6.45, 7) is 5.06. The average Bonchev–Trinajstić information content (AvgIpc) is 2.62. The van der Waals surface area contributed by atoms with Gasteiger partial charge in [0.05, 0.1) is 0 Å². The van der Waals surface area contributed by atoms with Gasteiger partial charge in [-0.3, -0.25) is 4.79 Å². The molecule has 1 aromatic rings. The molecule has 0 aromatic heterocycles. The van der Waals surface area contributed by atoms with E-state index in [1.54, 1.807) is 0 Å². The number of hydrogen-bond donors (Lipinski definition) is 1. The monoisotopic (exact) mass is 330 g/mol. The van der Waals surface area contributed by atoms with Crippen molar-refractivity contribution in [2.24, 2.45) is 0 Å². The van der Waals surface area contributed by atoms with E-state index in [1.807, 2.05) is 0 Å². The van der Waals surface area contributed by atoms with Gasteiger partial charge in [0.15, 0.2) is 0 Å². The fourth-order valence-electron chi connectivity index (χ4n) is 3.30. The number of benzene rings is 1. The molecule has 1 saturated heterocycles. The Bertz CT molecular complexity index is 459. The molecule has 2 rings (SSSR count). The minimum absolute atomic E-state index is 0.398. The number of carbonyl (C=O) groups is 1. The molecule has 24 heavy (non-hydrogen) atoms. The molecular weight excluding hydrogens is 296 g/mol. The van der Waals surface area contributed by atoms with Crippen molar-refractivity contribution < 1.29 is 4.79 Å². The summed E-state index contributed by atoms with van der Waals surface area (Å²) in [7, 11) is 0. The van der Waals surface area contributed by atoms with Crippen molar-refractivity contribution in [3.05, 3.63) is 24.3 Å². The predicted molar refractivity (Wildman–Crippen MR) is 104 cm³/mol. The maximum atomic E-state index is 11.3. The van der Waals surface area contributed by atoms with Crippen molar-refractivity contribution in [1.29, 1.82) is 0 Å². The van der Waals surface area contributed by atoms with Gasteiger partial charge < -0.3 is 10.2 Å². The number of nitrogens with zero attached hydrogens (tertiary/aromatic N) is 1. The summed E-state index contributed by atoms with van der Waals surface area (Å²) in [5.41, 5.74) is 2.44. The van der Waals surface area contributed by atoms with E-state index in [1.165, 1.54) is 62.7 Å². The van der Waals surface area contributed by atoms with Crippen LogP contribution in [0.1, 0.15) is 71.1 Å². The van der Waals surface area contributed by atoms with Crippen LogP contribution in [0.5, 0.6) is 0 Å². The summed E-state index contributed by atoms with van der Waals surface area (Å²) >= 11 is 0. The largest absolute Gasteiger partial charge is 0.385 e. The second-order valence-electron chi connectivity index (χ2n) is 6.97. The standard InChI is InChI=1S/C21H34N2O/c1-2-3-4-5-6-7-8-9-16-22-19-10-12-20(13-11-19)23-17-14-21(24)15-18-23/h10-13,22H,2-9,14-18H2,1H3. The first kappa shape index (κ1) is 18.8. The summed E-state index contributed by atoms with van der Waals surface area (Å²) in [4.78, 5) is 13.6. The maximum absolute atomic E-state index is 11.3. The van der Waals surface area contributed by atoms with Crippen LogP contribution in [0.2, 0.25) is 0 Å². The maximum Gasteiger partial charge on any atom is 0.136 e. The quantitative estimate of drug-likeness (QED) is 0.551. The van der Waals surface area contributed by atoms with E-state index in [2.05, 4.69) is 41.4 Å². The van der Waals surface area contributed by atoms with Crippen LogP contribution in [-0.4, -0.2) is 25.4 Å². The third-order valence-corrected chi connectivity index (χ3v) is 4.91. The zero-order valence-electron chi connectivity index (χ0n) is 15.4. The zero-order chi connectivity index (χ0) is 17.0. The third-order valence-electron chi connectivity index (χ3n) is 4.91. The van der Waals surface area contributed by atoms with Crippen LogP contribution in [0.15, 0.2) is 24.3 Å². The minimum atomic E-state index is 0.398. The first-order valence-electron chi connectivity index (χ1n) is 9.90. The topological polar surface area (TPSA) is 32.3 Å². The Hall–Kier alpha value is -1.51. The second kappa shape index (κ2) is 11.1. The second-order valence-corrected chi connectivity index (χ2v) is 6.97. The molecule has 0 radical (unpaired) electrons. The lowest BCUT2D eigenvalue weighted by molar-refractivity contribution is -0.119. The summed E-state index contributed by atoms with van der Waals surface area (Å²) in [5, 5.41) is 3.52. The van der Waals surface area contributed by atoms with Gasteiger partial charge in [-0.25, -0.2) is 0 Å². The Balaban J connectivity index is 1.56. The van der Waals surface area contributed by atoms with Gasteiger partial charge in [-0.15, -0.1) is 0 Å². The smallest absolute Gasteiger partial charge is 0.136 e. The Morgan fingerprint density at radius 3 is 2.08 bits per heavy atom. The van der Waals surface area contributed by atoms with Gasteiger partial charge in [0.2, 0.25) is 0 Å². The van der Waals surface area contributed by atoms with E-state index in [4.69, 9.17) is 0 Å². The molecule has 1 aliphatic rings. The van der Waals surface area contributed by atoms with Crippen LogP contribution >= 0.6 is 0 Å². The van der Waals surface area contributed by atoms with Gasteiger partial charge in [0.25, 0.3) is 0 Å². The lowest BCUT2D eigenvalue weighted by Crippen LogP contribution is -2.33. The molecule has 1 aliphatic heterocycles. The number of anilines is 2. The Morgan fingerprint density at radius 1 is 0.875 bits per heavy atom. The zero-order valence-corrected chi connectivity index (χ0v) is 15.4. The van der Waals surface area contributed by atoms with E-state index in [0.29, 0.717) is 18.6 Å². The highest BCUT2D eigenvalue weighted by molar-refractivity contribution is 5.81. The fourth-order valence-corrected chi connectivity index (χ4v) is 3.30. The highest BCUT2D eigenvalue weighted by atomic mass is 16.1. The molecule has 0 aliphatic carbocycles. The number of ketones is 1. The van der Waals surface area contributed by atoms with E-state index < -0.39 is 0 Å². The van der Waals surface area contributed by atoms with Crippen LogP contribution < -0.4 is 10.2 Å². The number of nitrogens with one attached hydrogen (secondary N) is 1. The molecule has 0 saturated carbocycles.